The van der Waals surface area contributed by atoms with Crippen LogP contribution in [0.2, 0.25) is 0 Å². The first-order chi connectivity index (χ1) is 7.13. The van der Waals surface area contributed by atoms with Gasteiger partial charge in [-0.25, -0.2) is 0 Å². The zero-order valence-electron chi connectivity index (χ0n) is 9.52. The maximum Gasteiger partial charge on any atom is 0.223 e. The number of hydrogen-bond acceptors (Lipinski definition) is 4. The van der Waals surface area contributed by atoms with Crippen LogP contribution in [0.1, 0.15) is 27.2 Å². The van der Waals surface area contributed by atoms with Crippen LogP contribution in [0.25, 0.3) is 0 Å². The SMILES string of the molecule is CCCSSC=C(C)N(CCO)C(C)=O. The van der Waals surface area contributed by atoms with Gasteiger partial charge in [0.15, 0.2) is 0 Å². The average Bonchev–Trinajstić information content (AvgIpc) is 2.20. The van der Waals surface area contributed by atoms with Crippen molar-refractivity contribution < 1.29 is 9.90 Å². The molecule has 0 aliphatic heterocycles. The lowest BCUT2D eigenvalue weighted by atomic mass is 10.4. The molecule has 5 heteroatoms. The minimum atomic E-state index is -0.0288. The molecule has 1 N–H and O–H groups in total. The van der Waals surface area contributed by atoms with Gasteiger partial charge in [-0.2, -0.15) is 0 Å². The normalized spacial score (nSPS) is 11.6. The van der Waals surface area contributed by atoms with Crippen LogP contribution in [-0.2, 0) is 4.79 Å². The Kier molecular flexibility index (Phi) is 9.04. The number of amides is 1. The van der Waals surface area contributed by atoms with E-state index in [2.05, 4.69) is 6.92 Å². The van der Waals surface area contributed by atoms with Crippen LogP contribution in [0.15, 0.2) is 11.1 Å². The molecule has 0 atom stereocenters. The van der Waals surface area contributed by atoms with E-state index in [0.717, 1.165) is 17.9 Å². The molecule has 0 spiro atoms. The number of carbonyl (C=O) groups excluding carboxylic acids is 1. The first-order valence-corrected chi connectivity index (χ1v) is 7.35. The van der Waals surface area contributed by atoms with Crippen molar-refractivity contribution in [2.45, 2.75) is 27.2 Å². The van der Waals surface area contributed by atoms with Crippen LogP contribution in [0.5, 0.6) is 0 Å². The molecule has 0 aliphatic carbocycles. The summed E-state index contributed by atoms with van der Waals surface area (Å²) in [7, 11) is 3.41. The molecule has 0 aromatic heterocycles. The molecule has 0 unspecified atom stereocenters. The third-order valence-electron chi connectivity index (χ3n) is 1.70. The highest BCUT2D eigenvalue weighted by Gasteiger charge is 2.09. The average molecular weight is 249 g/mol. The lowest BCUT2D eigenvalue weighted by Crippen LogP contribution is -2.29. The summed E-state index contributed by atoms with van der Waals surface area (Å²) in [6.07, 6.45) is 1.15. The molecular weight excluding hydrogens is 230 g/mol. The molecule has 15 heavy (non-hydrogen) atoms. The van der Waals surface area contributed by atoms with E-state index in [4.69, 9.17) is 5.11 Å². The van der Waals surface area contributed by atoms with Crippen LogP contribution in [0.3, 0.4) is 0 Å². The van der Waals surface area contributed by atoms with Gasteiger partial charge in [0.25, 0.3) is 0 Å². The summed E-state index contributed by atoms with van der Waals surface area (Å²) in [5, 5.41) is 10.8. The van der Waals surface area contributed by atoms with Crippen molar-refractivity contribution >= 4 is 27.5 Å². The molecule has 0 aromatic rings. The number of allylic oxidation sites excluding steroid dienone is 1. The summed E-state index contributed by atoms with van der Waals surface area (Å²) in [6, 6.07) is 0. The summed E-state index contributed by atoms with van der Waals surface area (Å²) in [5.41, 5.74) is 0.894. The second-order valence-electron chi connectivity index (χ2n) is 3.07. The van der Waals surface area contributed by atoms with Crippen molar-refractivity contribution in [3.63, 3.8) is 0 Å². The quantitative estimate of drug-likeness (QED) is 0.556. The third-order valence-corrected chi connectivity index (χ3v) is 4.05. The van der Waals surface area contributed by atoms with Gasteiger partial charge in [0.2, 0.25) is 5.91 Å². The number of aliphatic hydroxyl groups is 1. The summed E-state index contributed by atoms with van der Waals surface area (Å²) in [6.45, 7) is 5.90. The fourth-order valence-corrected chi connectivity index (χ4v) is 2.99. The topological polar surface area (TPSA) is 40.5 Å². The van der Waals surface area contributed by atoms with Crippen molar-refractivity contribution in [2.75, 3.05) is 18.9 Å². The molecule has 0 rings (SSSR count). The van der Waals surface area contributed by atoms with Crippen molar-refractivity contribution in [3.05, 3.63) is 11.1 Å². The first kappa shape index (κ1) is 14.9. The fraction of sp³-hybridized carbons (Fsp3) is 0.700. The second-order valence-corrected chi connectivity index (χ2v) is 5.43. The minimum Gasteiger partial charge on any atom is -0.395 e. The molecule has 0 fully saturated rings. The Hall–Kier alpha value is -0.130. The highest BCUT2D eigenvalue weighted by Crippen LogP contribution is 2.25. The predicted molar refractivity (Wildman–Crippen MR) is 68.6 cm³/mol. The van der Waals surface area contributed by atoms with Gasteiger partial charge in [-0.05, 0) is 13.3 Å². The predicted octanol–water partition coefficient (Wildman–Crippen LogP) is 2.48. The number of nitrogens with zero attached hydrogens (tertiary/aromatic N) is 1. The monoisotopic (exact) mass is 249 g/mol. The molecular formula is C10H19NO2S2. The zero-order valence-corrected chi connectivity index (χ0v) is 11.2. The number of rotatable bonds is 7. The molecule has 0 aromatic carbocycles. The number of hydrogen-bond donors (Lipinski definition) is 1. The van der Waals surface area contributed by atoms with Crippen molar-refractivity contribution in [1.82, 2.24) is 4.90 Å². The Morgan fingerprint density at radius 3 is 2.60 bits per heavy atom. The fourth-order valence-electron chi connectivity index (χ4n) is 0.981. The van der Waals surface area contributed by atoms with Crippen LogP contribution < -0.4 is 0 Å². The molecule has 0 heterocycles. The summed E-state index contributed by atoms with van der Waals surface area (Å²) in [4.78, 5) is 12.8. The van der Waals surface area contributed by atoms with E-state index in [1.54, 1.807) is 26.5 Å². The summed E-state index contributed by atoms with van der Waals surface area (Å²) < 4.78 is 0. The third kappa shape index (κ3) is 6.87. The molecule has 1 amide bonds. The van der Waals surface area contributed by atoms with E-state index in [0.29, 0.717) is 6.54 Å². The van der Waals surface area contributed by atoms with Gasteiger partial charge in [-0.15, -0.1) is 0 Å². The van der Waals surface area contributed by atoms with E-state index >= 15 is 0 Å². The number of carbonyl (C=O) groups is 1. The van der Waals surface area contributed by atoms with Crippen molar-refractivity contribution in [1.29, 1.82) is 0 Å². The van der Waals surface area contributed by atoms with E-state index in [1.807, 2.05) is 12.3 Å². The summed E-state index contributed by atoms with van der Waals surface area (Å²) >= 11 is 0. The van der Waals surface area contributed by atoms with E-state index in [-0.39, 0.29) is 12.5 Å². The largest absolute Gasteiger partial charge is 0.395 e. The Labute approximate surface area is 99.7 Å². The Morgan fingerprint density at radius 2 is 2.13 bits per heavy atom. The van der Waals surface area contributed by atoms with E-state index in [1.165, 1.54) is 6.92 Å². The Balaban J connectivity index is 4.10. The standard InChI is InChI=1S/C10H19NO2S2/c1-4-7-14-15-8-9(2)11(5-6-12)10(3)13/h8,12H,4-7H2,1-3H3. The van der Waals surface area contributed by atoms with Gasteiger partial charge in [-0.1, -0.05) is 28.5 Å². The second kappa shape index (κ2) is 9.12. The first-order valence-electron chi connectivity index (χ1n) is 4.97. The van der Waals surface area contributed by atoms with Crippen LogP contribution in [0.4, 0.5) is 0 Å². The molecule has 3 nitrogen and oxygen atoms in total. The Morgan fingerprint density at radius 1 is 1.47 bits per heavy atom. The molecule has 0 saturated carbocycles. The summed E-state index contributed by atoms with van der Waals surface area (Å²) in [5.74, 6) is 1.08. The van der Waals surface area contributed by atoms with Crippen molar-refractivity contribution in [3.8, 4) is 0 Å². The molecule has 0 aliphatic rings. The lowest BCUT2D eigenvalue weighted by Gasteiger charge is -2.20. The van der Waals surface area contributed by atoms with E-state index < -0.39 is 0 Å². The Bertz CT molecular complexity index is 219. The maximum absolute atomic E-state index is 11.2. The molecule has 0 saturated heterocycles. The van der Waals surface area contributed by atoms with Gasteiger partial charge in [-0.3, -0.25) is 4.79 Å². The smallest absolute Gasteiger partial charge is 0.223 e. The van der Waals surface area contributed by atoms with E-state index in [9.17, 15) is 4.79 Å². The minimum absolute atomic E-state index is 0.00245. The van der Waals surface area contributed by atoms with Crippen LogP contribution in [0, 0.1) is 0 Å². The molecule has 88 valence electrons. The van der Waals surface area contributed by atoms with Gasteiger partial charge in [0.05, 0.1) is 6.61 Å². The highest BCUT2D eigenvalue weighted by atomic mass is 33.1. The van der Waals surface area contributed by atoms with Crippen LogP contribution >= 0.6 is 21.6 Å². The van der Waals surface area contributed by atoms with Crippen LogP contribution in [-0.4, -0.2) is 34.8 Å². The molecule has 0 bridgehead atoms. The lowest BCUT2D eigenvalue weighted by molar-refractivity contribution is -0.127. The number of aliphatic hydroxyl groups excluding tert-OH is 1. The van der Waals surface area contributed by atoms with Gasteiger partial charge >= 0.3 is 0 Å². The van der Waals surface area contributed by atoms with Gasteiger partial charge in [0, 0.05) is 30.3 Å². The highest BCUT2D eigenvalue weighted by molar-refractivity contribution is 8.77. The zero-order chi connectivity index (χ0) is 11.7. The van der Waals surface area contributed by atoms with Gasteiger partial charge < -0.3 is 10.0 Å². The molecule has 0 radical (unpaired) electrons. The van der Waals surface area contributed by atoms with Crippen molar-refractivity contribution in [2.24, 2.45) is 0 Å². The maximum atomic E-state index is 11.2. The van der Waals surface area contributed by atoms with Gasteiger partial charge in [0.1, 0.15) is 0 Å².